The maximum absolute atomic E-state index is 12.0. The molecule has 0 saturated carbocycles. The van der Waals surface area contributed by atoms with E-state index in [1.165, 1.54) is 0 Å². The molecule has 0 fully saturated rings. The number of rotatable bonds is 3. The SMILES string of the molecule is N#C[B-](CC(F)(F)F)(CC(F)(F)F)CC(F)(F)F.[Na+]. The van der Waals surface area contributed by atoms with Gasteiger partial charge in [0.1, 0.15) is 6.15 Å². The Hall–Kier alpha value is -0.0751. The van der Waals surface area contributed by atoms with Crippen LogP contribution < -0.4 is 29.6 Å². The molecule has 0 spiro atoms. The molecule has 0 unspecified atom stereocenters. The van der Waals surface area contributed by atoms with Crippen LogP contribution in [0.5, 0.6) is 0 Å². The maximum Gasteiger partial charge on any atom is 1.00 e. The van der Waals surface area contributed by atoms with Crippen LogP contribution in [0.4, 0.5) is 39.5 Å². The Labute approximate surface area is 124 Å². The van der Waals surface area contributed by atoms with Crippen LogP contribution in [-0.2, 0) is 0 Å². The zero-order chi connectivity index (χ0) is 14.8. The number of nitrogens with zero attached hydrogens (tertiary/aromatic N) is 1. The minimum atomic E-state index is -5.27. The molecular formula is C7H6BF9NNa. The maximum atomic E-state index is 12.0. The van der Waals surface area contributed by atoms with Crippen molar-refractivity contribution in [1.82, 2.24) is 0 Å². The van der Waals surface area contributed by atoms with Crippen LogP contribution >= 0.6 is 0 Å². The van der Waals surface area contributed by atoms with Crippen LogP contribution in [0.25, 0.3) is 0 Å². The van der Waals surface area contributed by atoms with Crippen LogP contribution in [0.1, 0.15) is 0 Å². The summed E-state index contributed by atoms with van der Waals surface area (Å²) in [6.45, 7) is 0. The molecule has 0 amide bonds. The largest absolute Gasteiger partial charge is 1.00 e. The topological polar surface area (TPSA) is 23.8 Å². The van der Waals surface area contributed by atoms with Crippen molar-refractivity contribution in [2.24, 2.45) is 0 Å². The molecule has 0 atom stereocenters. The standard InChI is InChI=1S/C7H6BF9N.Na/c9-5(10,11)1-8(4-18,2-6(12,13)14)3-7(15,16)17;/h1-3H2;/q-1;+1. The molecule has 0 N–H and O–H groups in total. The summed E-state index contributed by atoms with van der Waals surface area (Å²) < 4.78 is 108. The molecule has 0 aliphatic rings. The van der Waals surface area contributed by atoms with E-state index in [9.17, 15) is 39.5 Å². The first kappa shape index (κ1) is 21.2. The molecule has 0 radical (unpaired) electrons. The van der Waals surface area contributed by atoms with Crippen molar-refractivity contribution in [1.29, 1.82) is 5.26 Å². The van der Waals surface area contributed by atoms with Crippen LogP contribution in [-0.4, -0.2) is 24.7 Å². The van der Waals surface area contributed by atoms with E-state index in [1.54, 1.807) is 0 Å². The van der Waals surface area contributed by atoms with E-state index in [0.717, 1.165) is 0 Å². The van der Waals surface area contributed by atoms with Gasteiger partial charge in [0, 0.05) is 0 Å². The molecule has 19 heavy (non-hydrogen) atoms. The second-order valence-corrected chi connectivity index (χ2v) is 4.07. The Bertz CT molecular complexity index is 285. The number of nitriles is 1. The summed E-state index contributed by atoms with van der Waals surface area (Å²) in [6, 6.07) is 0. The van der Waals surface area contributed by atoms with Crippen molar-refractivity contribution in [3.8, 4) is 5.97 Å². The summed E-state index contributed by atoms with van der Waals surface area (Å²) in [6.07, 6.45) is -27.3. The summed E-state index contributed by atoms with van der Waals surface area (Å²) in [4.78, 5) is 0. The van der Waals surface area contributed by atoms with E-state index >= 15 is 0 Å². The summed E-state index contributed by atoms with van der Waals surface area (Å²) >= 11 is 0. The van der Waals surface area contributed by atoms with Gasteiger partial charge in [0.2, 0.25) is 0 Å². The fourth-order valence-electron chi connectivity index (χ4n) is 1.68. The van der Waals surface area contributed by atoms with E-state index in [1.807, 2.05) is 0 Å². The zero-order valence-electron chi connectivity index (χ0n) is 9.55. The van der Waals surface area contributed by atoms with Gasteiger partial charge in [-0.3, -0.25) is 0 Å². The first-order valence-electron chi connectivity index (χ1n) is 4.50. The Morgan fingerprint density at radius 1 is 0.684 bits per heavy atom. The molecule has 0 aromatic heterocycles. The second kappa shape index (κ2) is 6.58. The molecule has 106 valence electrons. The first-order valence-corrected chi connectivity index (χ1v) is 4.50. The minimum absolute atomic E-state index is 0. The molecule has 12 heteroatoms. The average molecular weight is 309 g/mol. The normalized spacial score (nSPS) is 13.7. The van der Waals surface area contributed by atoms with Crippen molar-refractivity contribution in [3.63, 3.8) is 0 Å². The summed E-state index contributed by atoms with van der Waals surface area (Å²) in [5, 5.41) is 8.34. The van der Waals surface area contributed by atoms with Gasteiger partial charge in [-0.1, -0.05) is 19.0 Å². The van der Waals surface area contributed by atoms with Crippen molar-refractivity contribution in [2.45, 2.75) is 37.5 Å². The molecule has 0 saturated heterocycles. The predicted octanol–water partition coefficient (Wildman–Crippen LogP) is 1.19. The number of alkyl halides is 9. The summed E-state index contributed by atoms with van der Waals surface area (Å²) in [5.74, 6) is 0.588. The molecule has 0 aliphatic carbocycles. The van der Waals surface area contributed by atoms with Crippen LogP contribution in [0.2, 0.25) is 19.0 Å². The molecule has 0 aliphatic heterocycles. The van der Waals surface area contributed by atoms with Gasteiger partial charge in [0.05, 0.1) is 0 Å². The monoisotopic (exact) mass is 309 g/mol. The molecule has 0 bridgehead atoms. The smallest absolute Gasteiger partial charge is 0.250 e. The van der Waals surface area contributed by atoms with E-state index in [2.05, 4.69) is 0 Å². The molecular weight excluding hydrogens is 303 g/mol. The van der Waals surface area contributed by atoms with E-state index < -0.39 is 43.6 Å². The molecule has 0 rings (SSSR count). The van der Waals surface area contributed by atoms with Gasteiger partial charge in [0.25, 0.3) is 0 Å². The third-order valence-corrected chi connectivity index (χ3v) is 2.14. The Morgan fingerprint density at radius 2 is 0.895 bits per heavy atom. The van der Waals surface area contributed by atoms with Gasteiger partial charge in [0.15, 0.2) is 0 Å². The van der Waals surface area contributed by atoms with Crippen LogP contribution in [0.15, 0.2) is 0 Å². The molecule has 0 heterocycles. The van der Waals surface area contributed by atoms with Gasteiger partial charge < -0.3 is 0 Å². The van der Waals surface area contributed by atoms with E-state index in [0.29, 0.717) is 5.97 Å². The van der Waals surface area contributed by atoms with Crippen molar-refractivity contribution in [3.05, 3.63) is 0 Å². The van der Waals surface area contributed by atoms with Gasteiger partial charge in [-0.05, 0) is 0 Å². The van der Waals surface area contributed by atoms with Gasteiger partial charge in [-0.25, -0.2) is 5.26 Å². The Kier molecular flexibility index (Phi) is 7.36. The number of hydrogen-bond donors (Lipinski definition) is 0. The van der Waals surface area contributed by atoms with Crippen molar-refractivity contribution >= 4 is 6.15 Å². The number of halogens is 9. The second-order valence-electron chi connectivity index (χ2n) is 4.07. The zero-order valence-corrected chi connectivity index (χ0v) is 11.5. The minimum Gasteiger partial charge on any atom is -0.250 e. The van der Waals surface area contributed by atoms with Crippen molar-refractivity contribution in [2.75, 3.05) is 0 Å². The van der Waals surface area contributed by atoms with Crippen LogP contribution in [0.3, 0.4) is 0 Å². The third kappa shape index (κ3) is 10.4. The molecule has 0 aromatic carbocycles. The predicted molar refractivity (Wildman–Crippen MR) is 44.0 cm³/mol. The first-order chi connectivity index (χ1) is 7.68. The van der Waals surface area contributed by atoms with Gasteiger partial charge >= 0.3 is 48.1 Å². The van der Waals surface area contributed by atoms with Crippen LogP contribution in [0, 0.1) is 11.2 Å². The van der Waals surface area contributed by atoms with Gasteiger partial charge in [-0.15, -0.1) is 0 Å². The summed E-state index contributed by atoms with van der Waals surface area (Å²) in [5.41, 5.74) is 0. The summed E-state index contributed by atoms with van der Waals surface area (Å²) in [7, 11) is 0. The molecule has 0 aromatic rings. The van der Waals surface area contributed by atoms with Gasteiger partial charge in [-0.2, -0.15) is 45.5 Å². The quantitative estimate of drug-likeness (QED) is 0.567. The van der Waals surface area contributed by atoms with E-state index in [-0.39, 0.29) is 29.6 Å². The molecule has 1 nitrogen and oxygen atoms in total. The fourth-order valence-corrected chi connectivity index (χ4v) is 1.68. The van der Waals surface area contributed by atoms with Crippen molar-refractivity contribution < 1.29 is 69.1 Å². The average Bonchev–Trinajstić information content (AvgIpc) is 1.93. The Morgan fingerprint density at radius 3 is 1.00 bits per heavy atom. The van der Waals surface area contributed by atoms with E-state index in [4.69, 9.17) is 5.26 Å². The third-order valence-electron chi connectivity index (χ3n) is 2.14. The number of hydrogen-bond acceptors (Lipinski definition) is 1. The fraction of sp³-hybridized carbons (Fsp3) is 0.857. The Balaban J connectivity index is 0.